The SMILES string of the molecule is CN1CC2CC2(c2ccc(B3OC(C)(C)C(C)(C)O3)cc2)C1. The van der Waals surface area contributed by atoms with Gasteiger partial charge in [-0.1, -0.05) is 24.3 Å². The predicted octanol–water partition coefficient (Wildman–Crippen LogP) is 2.19. The molecule has 2 atom stereocenters. The molecule has 22 heavy (non-hydrogen) atoms. The topological polar surface area (TPSA) is 21.7 Å². The van der Waals surface area contributed by atoms with Crippen molar-refractivity contribution < 1.29 is 9.31 Å². The molecule has 1 aromatic carbocycles. The second-order valence-electron chi connectivity index (χ2n) is 8.46. The van der Waals surface area contributed by atoms with Gasteiger partial charge in [-0.3, -0.25) is 0 Å². The van der Waals surface area contributed by atoms with Crippen molar-refractivity contribution in [2.24, 2.45) is 5.92 Å². The monoisotopic (exact) mass is 299 g/mol. The summed E-state index contributed by atoms with van der Waals surface area (Å²) in [6, 6.07) is 8.97. The highest BCUT2D eigenvalue weighted by atomic mass is 16.7. The number of nitrogens with zero attached hydrogens (tertiary/aromatic N) is 1. The summed E-state index contributed by atoms with van der Waals surface area (Å²) in [5.74, 6) is 0.861. The van der Waals surface area contributed by atoms with Gasteiger partial charge in [0.25, 0.3) is 0 Å². The van der Waals surface area contributed by atoms with Crippen molar-refractivity contribution in [3.63, 3.8) is 0 Å². The highest BCUT2D eigenvalue weighted by Crippen LogP contribution is 2.58. The van der Waals surface area contributed by atoms with Crippen LogP contribution in [0.15, 0.2) is 24.3 Å². The second-order valence-corrected chi connectivity index (χ2v) is 8.46. The van der Waals surface area contributed by atoms with Crippen molar-refractivity contribution >= 4 is 12.6 Å². The summed E-state index contributed by atoms with van der Waals surface area (Å²) in [5, 5.41) is 0. The Hall–Kier alpha value is -0.835. The zero-order valence-corrected chi connectivity index (χ0v) is 14.3. The molecule has 1 aliphatic carbocycles. The number of piperidine rings is 1. The molecular formula is C18H26BNO2. The van der Waals surface area contributed by atoms with Gasteiger partial charge in [0.1, 0.15) is 0 Å². The van der Waals surface area contributed by atoms with E-state index in [-0.39, 0.29) is 18.3 Å². The largest absolute Gasteiger partial charge is 0.494 e. The van der Waals surface area contributed by atoms with Crippen LogP contribution in [0.2, 0.25) is 0 Å². The lowest BCUT2D eigenvalue weighted by Gasteiger charge is -2.32. The van der Waals surface area contributed by atoms with Crippen molar-refractivity contribution in [2.45, 2.75) is 50.7 Å². The van der Waals surface area contributed by atoms with Crippen LogP contribution in [0.1, 0.15) is 39.7 Å². The fraction of sp³-hybridized carbons (Fsp3) is 0.667. The van der Waals surface area contributed by atoms with Gasteiger partial charge in [0.2, 0.25) is 0 Å². The van der Waals surface area contributed by atoms with Gasteiger partial charge in [0.15, 0.2) is 0 Å². The summed E-state index contributed by atoms with van der Waals surface area (Å²) in [6.45, 7) is 10.9. The number of hydrogen-bond donors (Lipinski definition) is 0. The molecule has 1 saturated carbocycles. The quantitative estimate of drug-likeness (QED) is 0.781. The minimum Gasteiger partial charge on any atom is -0.399 e. The first-order chi connectivity index (χ1) is 10.2. The molecule has 0 spiro atoms. The molecule has 4 heteroatoms. The number of rotatable bonds is 2. The Balaban J connectivity index is 1.54. The fourth-order valence-corrected chi connectivity index (χ4v) is 4.13. The maximum Gasteiger partial charge on any atom is 0.494 e. The first kappa shape index (κ1) is 14.7. The molecule has 1 aromatic rings. The minimum absolute atomic E-state index is 0.252. The van der Waals surface area contributed by atoms with Crippen LogP contribution in [0.3, 0.4) is 0 Å². The molecule has 118 valence electrons. The van der Waals surface area contributed by atoms with Crippen molar-refractivity contribution in [3.8, 4) is 0 Å². The van der Waals surface area contributed by atoms with E-state index < -0.39 is 0 Å². The van der Waals surface area contributed by atoms with Crippen LogP contribution >= 0.6 is 0 Å². The average Bonchev–Trinajstić information content (AvgIpc) is 2.92. The predicted molar refractivity (Wildman–Crippen MR) is 89.4 cm³/mol. The van der Waals surface area contributed by atoms with Gasteiger partial charge < -0.3 is 14.2 Å². The van der Waals surface area contributed by atoms with Crippen molar-refractivity contribution in [1.82, 2.24) is 4.90 Å². The molecule has 2 saturated heterocycles. The zero-order chi connectivity index (χ0) is 15.8. The molecule has 2 aliphatic heterocycles. The average molecular weight is 299 g/mol. The number of likely N-dealkylation sites (N-methyl/N-ethyl adjacent to an activating group) is 1. The van der Waals surface area contributed by atoms with E-state index in [9.17, 15) is 0 Å². The van der Waals surface area contributed by atoms with Gasteiger partial charge in [-0.25, -0.2) is 0 Å². The Morgan fingerprint density at radius 2 is 1.64 bits per heavy atom. The van der Waals surface area contributed by atoms with E-state index >= 15 is 0 Å². The molecule has 0 aromatic heterocycles. The number of benzene rings is 1. The maximum atomic E-state index is 6.14. The molecule has 4 rings (SSSR count). The molecule has 3 fully saturated rings. The van der Waals surface area contributed by atoms with Gasteiger partial charge >= 0.3 is 7.12 Å². The van der Waals surface area contributed by atoms with Crippen LogP contribution in [0.4, 0.5) is 0 Å². The Labute approximate surface area is 134 Å². The molecule has 0 N–H and O–H groups in total. The van der Waals surface area contributed by atoms with Crippen molar-refractivity contribution in [3.05, 3.63) is 29.8 Å². The molecule has 0 radical (unpaired) electrons. The molecule has 0 bridgehead atoms. The highest BCUT2D eigenvalue weighted by molar-refractivity contribution is 6.62. The second kappa shape index (κ2) is 4.37. The highest BCUT2D eigenvalue weighted by Gasteiger charge is 2.60. The standard InChI is InChI=1S/C18H26BNO2/c1-16(2)17(3,4)22-19(21-16)15-8-6-13(7-9-15)18-10-14(18)11-20(5)12-18/h6-9,14H,10-12H2,1-5H3. The Morgan fingerprint density at radius 1 is 1.05 bits per heavy atom. The molecule has 2 unspecified atom stereocenters. The number of likely N-dealkylation sites (tertiary alicyclic amines) is 1. The molecule has 2 heterocycles. The van der Waals surface area contributed by atoms with Crippen LogP contribution in [-0.4, -0.2) is 43.4 Å². The van der Waals surface area contributed by atoms with Crippen molar-refractivity contribution in [1.29, 1.82) is 0 Å². The summed E-state index contributed by atoms with van der Waals surface area (Å²) >= 11 is 0. The van der Waals surface area contributed by atoms with Crippen LogP contribution < -0.4 is 5.46 Å². The third-order valence-electron chi connectivity index (χ3n) is 6.33. The van der Waals surface area contributed by atoms with Crippen LogP contribution in [-0.2, 0) is 14.7 Å². The van der Waals surface area contributed by atoms with E-state index in [1.54, 1.807) is 0 Å². The van der Waals surface area contributed by atoms with Crippen LogP contribution in [0, 0.1) is 5.92 Å². The van der Waals surface area contributed by atoms with E-state index in [0.29, 0.717) is 5.41 Å². The van der Waals surface area contributed by atoms with E-state index in [2.05, 4.69) is 63.9 Å². The lowest BCUT2D eigenvalue weighted by Crippen LogP contribution is -2.41. The normalized spacial score (nSPS) is 35.7. The number of fused-ring (bicyclic) bond motifs is 1. The summed E-state index contributed by atoms with van der Waals surface area (Å²) in [7, 11) is 1.98. The molecular weight excluding hydrogens is 273 g/mol. The Kier molecular flexibility index (Phi) is 2.93. The summed E-state index contributed by atoms with van der Waals surface area (Å²) < 4.78 is 12.3. The van der Waals surface area contributed by atoms with E-state index in [0.717, 1.165) is 11.4 Å². The van der Waals surface area contributed by atoms with E-state index in [1.165, 1.54) is 25.1 Å². The minimum atomic E-state index is -0.273. The number of hydrogen-bond acceptors (Lipinski definition) is 3. The van der Waals surface area contributed by atoms with Gasteiger partial charge in [0, 0.05) is 18.5 Å². The van der Waals surface area contributed by atoms with Gasteiger partial charge in [-0.05, 0) is 58.1 Å². The lowest BCUT2D eigenvalue weighted by molar-refractivity contribution is 0.00578. The lowest BCUT2D eigenvalue weighted by atomic mass is 9.78. The third kappa shape index (κ3) is 2.00. The van der Waals surface area contributed by atoms with Crippen LogP contribution in [0.5, 0.6) is 0 Å². The van der Waals surface area contributed by atoms with Gasteiger partial charge in [-0.15, -0.1) is 0 Å². The van der Waals surface area contributed by atoms with E-state index in [1.807, 2.05) is 0 Å². The van der Waals surface area contributed by atoms with E-state index in [4.69, 9.17) is 9.31 Å². The molecule has 3 nitrogen and oxygen atoms in total. The maximum absolute atomic E-state index is 6.14. The molecule has 0 amide bonds. The Bertz CT molecular complexity index is 582. The smallest absolute Gasteiger partial charge is 0.399 e. The van der Waals surface area contributed by atoms with Crippen LogP contribution in [0.25, 0.3) is 0 Å². The first-order valence-corrected chi connectivity index (χ1v) is 8.38. The van der Waals surface area contributed by atoms with Gasteiger partial charge in [0.05, 0.1) is 11.2 Å². The molecule has 3 aliphatic rings. The fourth-order valence-electron chi connectivity index (χ4n) is 4.13. The summed E-state index contributed by atoms with van der Waals surface area (Å²) in [4.78, 5) is 2.45. The first-order valence-electron chi connectivity index (χ1n) is 8.38. The zero-order valence-electron chi connectivity index (χ0n) is 14.3. The van der Waals surface area contributed by atoms with Crippen molar-refractivity contribution in [2.75, 3.05) is 20.1 Å². The van der Waals surface area contributed by atoms with Gasteiger partial charge in [-0.2, -0.15) is 0 Å². The Morgan fingerprint density at radius 3 is 2.14 bits per heavy atom. The third-order valence-corrected chi connectivity index (χ3v) is 6.33. The summed E-state index contributed by atoms with van der Waals surface area (Å²) in [5.41, 5.74) is 2.50. The summed E-state index contributed by atoms with van der Waals surface area (Å²) in [6.07, 6.45) is 1.35.